The Kier molecular flexibility index (Phi) is 7.39. The molecule has 1 fully saturated rings. The molecule has 4 aromatic rings. The highest BCUT2D eigenvalue weighted by Gasteiger charge is 2.26. The molecule has 7 heteroatoms. The first-order valence-corrected chi connectivity index (χ1v) is 14.8. The van der Waals surface area contributed by atoms with Crippen LogP contribution in [0.3, 0.4) is 0 Å². The van der Waals surface area contributed by atoms with Crippen LogP contribution in [0.25, 0.3) is 16.6 Å². The van der Waals surface area contributed by atoms with E-state index in [1.807, 2.05) is 29.7 Å². The van der Waals surface area contributed by atoms with E-state index in [1.165, 1.54) is 23.1 Å². The normalized spacial score (nSPS) is 20.0. The number of aryl methyl sites for hydroxylation is 1. The van der Waals surface area contributed by atoms with E-state index >= 15 is 0 Å². The lowest BCUT2D eigenvalue weighted by atomic mass is 9.80. The number of amides is 1. The van der Waals surface area contributed by atoms with E-state index in [9.17, 15) is 4.79 Å². The first-order chi connectivity index (χ1) is 19.8. The van der Waals surface area contributed by atoms with Crippen LogP contribution < -0.4 is 5.32 Å². The molecule has 0 saturated carbocycles. The van der Waals surface area contributed by atoms with Crippen molar-refractivity contribution in [3.8, 4) is 0 Å². The summed E-state index contributed by atoms with van der Waals surface area (Å²) in [5.41, 5.74) is 7.99. The molecule has 1 N–H and O–H groups in total. The first kappa shape index (κ1) is 27.2. The maximum atomic E-state index is 13.5. The lowest BCUT2D eigenvalue weighted by Gasteiger charge is -2.29. The van der Waals surface area contributed by atoms with Gasteiger partial charge in [-0.1, -0.05) is 48.9 Å². The Morgan fingerprint density at radius 1 is 1.17 bits per heavy atom. The molecule has 1 unspecified atom stereocenters. The molecule has 212 valence electrons. The van der Waals surface area contributed by atoms with Crippen LogP contribution in [-0.4, -0.2) is 49.6 Å². The number of nitrogens with one attached hydrogen (secondary N) is 1. The standard InChI is InChI=1S/C34H40N6O/c1-24-9-7-16-38(17-12-24)18-13-27-14-19-39-30(22-35-31(39)20-27)33(41)36-28-10-5-11-29-32(28)26(3)37-40(29)23-34(4)15-6-8-25(2)21-34/h5-6,8,10-11,14-15,19-20,22H,1,7,9,12-13,16-18,21,23H2,2-4H3,(H,36,41). The van der Waals surface area contributed by atoms with Gasteiger partial charge >= 0.3 is 0 Å². The fourth-order valence-electron chi connectivity index (χ4n) is 6.44. The molecule has 41 heavy (non-hydrogen) atoms. The van der Waals surface area contributed by atoms with Crippen molar-refractivity contribution in [2.24, 2.45) is 5.41 Å². The van der Waals surface area contributed by atoms with Crippen LogP contribution in [0.5, 0.6) is 0 Å². The summed E-state index contributed by atoms with van der Waals surface area (Å²) in [5.74, 6) is -0.183. The van der Waals surface area contributed by atoms with Gasteiger partial charge in [0, 0.05) is 30.1 Å². The fourth-order valence-corrected chi connectivity index (χ4v) is 6.44. The van der Waals surface area contributed by atoms with Crippen molar-refractivity contribution in [2.45, 2.75) is 59.4 Å². The number of imidazole rings is 1. The minimum atomic E-state index is -0.183. The van der Waals surface area contributed by atoms with Crippen LogP contribution >= 0.6 is 0 Å². The van der Waals surface area contributed by atoms with Gasteiger partial charge in [0.15, 0.2) is 0 Å². The average molecular weight is 549 g/mol. The second-order valence-electron chi connectivity index (χ2n) is 12.2. The Hall–Kier alpha value is -3.97. The van der Waals surface area contributed by atoms with Crippen LogP contribution in [0.15, 0.2) is 78.7 Å². The van der Waals surface area contributed by atoms with Crippen LogP contribution in [0.2, 0.25) is 0 Å². The number of hydrogen-bond donors (Lipinski definition) is 1. The van der Waals surface area contributed by atoms with Crippen LogP contribution in [0.4, 0.5) is 5.69 Å². The van der Waals surface area contributed by atoms with Crippen LogP contribution in [0, 0.1) is 12.3 Å². The second kappa shape index (κ2) is 11.1. The molecule has 1 aliphatic heterocycles. The monoisotopic (exact) mass is 548 g/mol. The van der Waals surface area contributed by atoms with Crippen molar-refractivity contribution in [1.82, 2.24) is 24.1 Å². The summed E-state index contributed by atoms with van der Waals surface area (Å²) in [7, 11) is 0. The lowest BCUT2D eigenvalue weighted by Crippen LogP contribution is -2.27. The highest BCUT2D eigenvalue weighted by Crippen LogP contribution is 2.35. The molecule has 0 spiro atoms. The van der Waals surface area contributed by atoms with Gasteiger partial charge in [0.1, 0.15) is 11.3 Å². The number of fused-ring (bicyclic) bond motifs is 2. The topological polar surface area (TPSA) is 67.5 Å². The molecule has 2 aliphatic rings. The van der Waals surface area contributed by atoms with Gasteiger partial charge in [-0.2, -0.15) is 5.10 Å². The summed E-state index contributed by atoms with van der Waals surface area (Å²) in [4.78, 5) is 20.6. The number of aromatic nitrogens is 4. The van der Waals surface area contributed by atoms with Crippen molar-refractivity contribution in [3.63, 3.8) is 0 Å². The third kappa shape index (κ3) is 5.77. The maximum absolute atomic E-state index is 13.5. The Bertz CT molecular complexity index is 1690. The SMILES string of the molecule is C=C1CCCN(CCc2ccn3c(C(=O)Nc4cccc5c4c(C)nn5CC4(C)C=CC=C(C)C4)cnc3c2)CC1. The highest BCUT2D eigenvalue weighted by molar-refractivity contribution is 6.08. The van der Waals surface area contributed by atoms with E-state index in [1.54, 1.807) is 6.20 Å². The van der Waals surface area contributed by atoms with Gasteiger partial charge in [0.2, 0.25) is 0 Å². The number of allylic oxidation sites excluding steroid dienone is 4. The number of anilines is 1. The summed E-state index contributed by atoms with van der Waals surface area (Å²) in [6.07, 6.45) is 15.6. The number of carbonyl (C=O) groups excluding carboxylic acids is 1. The smallest absolute Gasteiger partial charge is 0.274 e. The predicted molar refractivity (Wildman–Crippen MR) is 166 cm³/mol. The Balaban J connectivity index is 1.18. The fraction of sp³-hybridized carbons (Fsp3) is 0.382. The number of benzene rings is 1. The highest BCUT2D eigenvalue weighted by atomic mass is 16.2. The summed E-state index contributed by atoms with van der Waals surface area (Å²) in [5, 5.41) is 9.02. The molecular formula is C34H40N6O. The van der Waals surface area contributed by atoms with E-state index < -0.39 is 0 Å². The zero-order chi connectivity index (χ0) is 28.6. The molecule has 7 nitrogen and oxygen atoms in total. The van der Waals surface area contributed by atoms with Crippen molar-refractivity contribution in [3.05, 3.63) is 95.6 Å². The number of pyridine rings is 1. The van der Waals surface area contributed by atoms with Gasteiger partial charge in [-0.25, -0.2) is 4.98 Å². The molecule has 0 radical (unpaired) electrons. The number of rotatable bonds is 7. The minimum Gasteiger partial charge on any atom is -0.320 e. The Morgan fingerprint density at radius 2 is 2.05 bits per heavy atom. The van der Waals surface area contributed by atoms with Gasteiger partial charge in [0.25, 0.3) is 5.91 Å². The van der Waals surface area contributed by atoms with Crippen molar-refractivity contribution < 1.29 is 4.79 Å². The van der Waals surface area contributed by atoms with Gasteiger partial charge in [-0.15, -0.1) is 0 Å². The summed E-state index contributed by atoms with van der Waals surface area (Å²) >= 11 is 0. The van der Waals surface area contributed by atoms with Gasteiger partial charge in [0.05, 0.1) is 29.6 Å². The quantitative estimate of drug-likeness (QED) is 0.260. The molecule has 0 bridgehead atoms. The summed E-state index contributed by atoms with van der Waals surface area (Å²) < 4.78 is 3.96. The molecule has 4 heterocycles. The van der Waals surface area contributed by atoms with E-state index in [4.69, 9.17) is 5.10 Å². The third-order valence-corrected chi connectivity index (χ3v) is 8.59. The van der Waals surface area contributed by atoms with E-state index in [0.29, 0.717) is 5.69 Å². The van der Waals surface area contributed by atoms with E-state index in [-0.39, 0.29) is 11.3 Å². The molecule has 1 amide bonds. The van der Waals surface area contributed by atoms with E-state index in [2.05, 4.69) is 76.7 Å². The average Bonchev–Trinajstić information content (AvgIpc) is 3.42. The second-order valence-corrected chi connectivity index (χ2v) is 12.2. The molecule has 1 aliphatic carbocycles. The van der Waals surface area contributed by atoms with E-state index in [0.717, 1.165) is 79.8 Å². The molecular weight excluding hydrogens is 508 g/mol. The van der Waals surface area contributed by atoms with Gasteiger partial charge in [-0.3, -0.25) is 13.9 Å². The van der Waals surface area contributed by atoms with Crippen molar-refractivity contribution in [2.75, 3.05) is 25.0 Å². The zero-order valence-corrected chi connectivity index (χ0v) is 24.5. The molecule has 6 rings (SSSR count). The first-order valence-electron chi connectivity index (χ1n) is 14.8. The predicted octanol–water partition coefficient (Wildman–Crippen LogP) is 6.74. The number of hydrogen-bond acceptors (Lipinski definition) is 4. The van der Waals surface area contributed by atoms with Gasteiger partial charge < -0.3 is 10.2 Å². The number of carbonyl (C=O) groups is 1. The van der Waals surface area contributed by atoms with Crippen molar-refractivity contribution in [1.29, 1.82) is 0 Å². The zero-order valence-electron chi connectivity index (χ0n) is 24.5. The summed E-state index contributed by atoms with van der Waals surface area (Å²) in [6.45, 7) is 14.7. The van der Waals surface area contributed by atoms with Crippen LogP contribution in [0.1, 0.15) is 61.3 Å². The maximum Gasteiger partial charge on any atom is 0.274 e. The Labute approximate surface area is 242 Å². The molecule has 1 saturated heterocycles. The number of nitrogens with zero attached hydrogens (tertiary/aromatic N) is 5. The minimum absolute atomic E-state index is 0.00104. The molecule has 1 atom stereocenters. The Morgan fingerprint density at radius 3 is 2.90 bits per heavy atom. The lowest BCUT2D eigenvalue weighted by molar-refractivity contribution is 0.102. The third-order valence-electron chi connectivity index (χ3n) is 8.59. The summed E-state index contributed by atoms with van der Waals surface area (Å²) in [6, 6.07) is 10.2. The molecule has 3 aromatic heterocycles. The largest absolute Gasteiger partial charge is 0.320 e. The molecule has 1 aromatic carbocycles. The van der Waals surface area contributed by atoms with Crippen molar-refractivity contribution >= 4 is 28.1 Å². The van der Waals surface area contributed by atoms with Gasteiger partial charge in [-0.05, 0) is 82.3 Å². The number of likely N-dealkylation sites (tertiary alicyclic amines) is 1. The van der Waals surface area contributed by atoms with Crippen LogP contribution in [-0.2, 0) is 13.0 Å².